The Kier molecular flexibility index (Phi) is 5.34. The number of rotatable bonds is 4. The van der Waals surface area contributed by atoms with Crippen LogP contribution in [0.5, 0.6) is 0 Å². The van der Waals surface area contributed by atoms with E-state index < -0.39 is 0 Å². The fourth-order valence-electron chi connectivity index (χ4n) is 3.07. The van der Waals surface area contributed by atoms with Crippen LogP contribution in [0, 0.1) is 0 Å². The van der Waals surface area contributed by atoms with Crippen LogP contribution in [0.4, 0.5) is 17.3 Å². The van der Waals surface area contributed by atoms with Crippen LogP contribution >= 0.6 is 11.6 Å². The minimum absolute atomic E-state index is 0.0866. The van der Waals surface area contributed by atoms with Gasteiger partial charge in [0.2, 0.25) is 5.95 Å². The van der Waals surface area contributed by atoms with E-state index in [2.05, 4.69) is 25.2 Å². The van der Waals surface area contributed by atoms with Gasteiger partial charge in [0.05, 0.1) is 10.7 Å². The molecular formula is C20H19ClN6O. The maximum absolute atomic E-state index is 12.9. The highest BCUT2D eigenvalue weighted by molar-refractivity contribution is 6.33. The quantitative estimate of drug-likeness (QED) is 0.732. The van der Waals surface area contributed by atoms with Crippen molar-refractivity contribution in [2.75, 3.05) is 36.4 Å². The molecule has 8 heteroatoms. The van der Waals surface area contributed by atoms with Crippen LogP contribution in [0.3, 0.4) is 0 Å². The second-order valence-electron chi connectivity index (χ2n) is 6.36. The Morgan fingerprint density at radius 2 is 1.68 bits per heavy atom. The van der Waals surface area contributed by atoms with E-state index >= 15 is 0 Å². The normalized spacial score (nSPS) is 14.0. The zero-order valence-electron chi connectivity index (χ0n) is 15.1. The van der Waals surface area contributed by atoms with Crippen LogP contribution < -0.4 is 10.2 Å². The number of aromatic nitrogens is 3. The summed E-state index contributed by atoms with van der Waals surface area (Å²) < 4.78 is 0. The first-order chi connectivity index (χ1) is 13.7. The molecule has 3 aromatic rings. The number of para-hydroxylation sites is 1. The fraction of sp³-hybridized carbons (Fsp3) is 0.200. The zero-order valence-corrected chi connectivity index (χ0v) is 15.9. The molecule has 1 aromatic carbocycles. The van der Waals surface area contributed by atoms with Gasteiger partial charge in [0.15, 0.2) is 0 Å². The Morgan fingerprint density at radius 3 is 2.43 bits per heavy atom. The van der Waals surface area contributed by atoms with Crippen molar-refractivity contribution >= 4 is 34.8 Å². The van der Waals surface area contributed by atoms with Crippen LogP contribution in [-0.2, 0) is 0 Å². The van der Waals surface area contributed by atoms with Gasteiger partial charge in [-0.2, -0.15) is 0 Å². The van der Waals surface area contributed by atoms with Crippen LogP contribution in [-0.4, -0.2) is 51.9 Å². The molecule has 28 heavy (non-hydrogen) atoms. The lowest BCUT2D eigenvalue weighted by Crippen LogP contribution is -2.49. The van der Waals surface area contributed by atoms with Crippen LogP contribution in [0.1, 0.15) is 10.5 Å². The number of anilines is 3. The largest absolute Gasteiger partial charge is 0.354 e. The summed E-state index contributed by atoms with van der Waals surface area (Å²) in [6.07, 6.45) is 5.07. The minimum Gasteiger partial charge on any atom is -0.354 e. The molecule has 0 bridgehead atoms. The van der Waals surface area contributed by atoms with Crippen LogP contribution in [0.2, 0.25) is 5.02 Å². The SMILES string of the molecule is O=C(c1cc(Nc2ccccc2Cl)ccn1)N1CCN(c2ncccn2)CC1. The van der Waals surface area contributed by atoms with Crippen molar-refractivity contribution in [3.8, 4) is 0 Å². The van der Waals surface area contributed by atoms with Gasteiger partial charge in [0.1, 0.15) is 5.69 Å². The number of benzene rings is 1. The third-order valence-electron chi connectivity index (χ3n) is 4.53. The van der Waals surface area contributed by atoms with Gasteiger partial charge >= 0.3 is 0 Å². The van der Waals surface area contributed by atoms with Gasteiger partial charge in [-0.05, 0) is 30.3 Å². The summed E-state index contributed by atoms with van der Waals surface area (Å²) in [5.74, 6) is 0.607. The summed E-state index contributed by atoms with van der Waals surface area (Å²) in [4.78, 5) is 29.5. The zero-order chi connectivity index (χ0) is 19.3. The predicted molar refractivity (Wildman–Crippen MR) is 109 cm³/mol. The number of carbonyl (C=O) groups is 1. The van der Waals surface area contributed by atoms with E-state index in [1.807, 2.05) is 30.3 Å². The number of piperazine rings is 1. The number of carbonyl (C=O) groups excluding carboxylic acids is 1. The molecule has 0 aliphatic carbocycles. The first kappa shape index (κ1) is 18.2. The average molecular weight is 395 g/mol. The van der Waals surface area contributed by atoms with Crippen molar-refractivity contribution in [1.29, 1.82) is 0 Å². The lowest BCUT2D eigenvalue weighted by molar-refractivity contribution is 0.0740. The molecule has 0 unspecified atom stereocenters. The lowest BCUT2D eigenvalue weighted by Gasteiger charge is -2.34. The van der Waals surface area contributed by atoms with Gasteiger partial charge in [-0.1, -0.05) is 23.7 Å². The van der Waals surface area contributed by atoms with E-state index in [1.165, 1.54) is 0 Å². The summed E-state index contributed by atoms with van der Waals surface area (Å²) in [5, 5.41) is 3.85. The molecular weight excluding hydrogens is 376 g/mol. The molecule has 7 nitrogen and oxygen atoms in total. The topological polar surface area (TPSA) is 74.2 Å². The first-order valence-corrected chi connectivity index (χ1v) is 9.37. The second-order valence-corrected chi connectivity index (χ2v) is 6.77. The predicted octanol–water partition coefficient (Wildman–Crippen LogP) is 3.23. The number of amides is 1. The Balaban J connectivity index is 1.42. The highest BCUT2D eigenvalue weighted by Crippen LogP contribution is 2.25. The Hall–Kier alpha value is -3.19. The van der Waals surface area contributed by atoms with Crippen molar-refractivity contribution < 1.29 is 4.79 Å². The lowest BCUT2D eigenvalue weighted by atomic mass is 10.2. The van der Waals surface area contributed by atoms with E-state index in [-0.39, 0.29) is 5.91 Å². The van der Waals surface area contributed by atoms with Gasteiger partial charge in [-0.15, -0.1) is 0 Å². The molecule has 1 saturated heterocycles. The first-order valence-electron chi connectivity index (χ1n) is 8.99. The minimum atomic E-state index is -0.0866. The van der Waals surface area contributed by atoms with Crippen molar-refractivity contribution in [3.05, 3.63) is 71.8 Å². The molecule has 4 rings (SSSR count). The molecule has 142 valence electrons. The highest BCUT2D eigenvalue weighted by Gasteiger charge is 2.24. The van der Waals surface area contributed by atoms with Crippen molar-refractivity contribution in [2.45, 2.75) is 0 Å². The fourth-order valence-corrected chi connectivity index (χ4v) is 3.25. The van der Waals surface area contributed by atoms with Crippen molar-refractivity contribution in [3.63, 3.8) is 0 Å². The number of hydrogen-bond acceptors (Lipinski definition) is 6. The molecule has 1 aliphatic heterocycles. The van der Waals surface area contributed by atoms with Gasteiger partial charge in [-0.25, -0.2) is 9.97 Å². The molecule has 0 spiro atoms. The Labute approximate surface area is 168 Å². The summed E-state index contributed by atoms with van der Waals surface area (Å²) >= 11 is 6.19. The number of halogens is 1. The third kappa shape index (κ3) is 4.04. The smallest absolute Gasteiger partial charge is 0.272 e. The second kappa shape index (κ2) is 8.22. The van der Waals surface area contributed by atoms with E-state index in [1.54, 1.807) is 35.6 Å². The van der Waals surface area contributed by atoms with Gasteiger partial charge < -0.3 is 15.1 Å². The summed E-state index contributed by atoms with van der Waals surface area (Å²) in [5.41, 5.74) is 1.95. The van der Waals surface area contributed by atoms with Crippen molar-refractivity contribution in [2.24, 2.45) is 0 Å². The van der Waals surface area contributed by atoms with Crippen LogP contribution in [0.15, 0.2) is 61.1 Å². The maximum atomic E-state index is 12.9. The molecule has 2 aromatic heterocycles. The molecule has 1 N–H and O–H groups in total. The summed E-state index contributed by atoms with van der Waals surface area (Å²) in [6.45, 7) is 2.57. The third-order valence-corrected chi connectivity index (χ3v) is 4.86. The van der Waals surface area contributed by atoms with Gasteiger partial charge in [0.25, 0.3) is 5.91 Å². The average Bonchev–Trinajstić information content (AvgIpc) is 2.76. The molecule has 3 heterocycles. The number of nitrogens with one attached hydrogen (secondary N) is 1. The van der Waals surface area contributed by atoms with Crippen LogP contribution in [0.25, 0.3) is 0 Å². The van der Waals surface area contributed by atoms with E-state index in [0.29, 0.717) is 42.8 Å². The van der Waals surface area contributed by atoms with E-state index in [9.17, 15) is 4.79 Å². The van der Waals surface area contributed by atoms with Crippen molar-refractivity contribution in [1.82, 2.24) is 19.9 Å². The maximum Gasteiger partial charge on any atom is 0.272 e. The van der Waals surface area contributed by atoms with E-state index in [0.717, 1.165) is 11.4 Å². The van der Waals surface area contributed by atoms with Gasteiger partial charge in [-0.3, -0.25) is 9.78 Å². The standard InChI is InChI=1S/C20H19ClN6O/c21-16-4-1-2-5-17(16)25-15-6-9-22-18(14-15)19(28)26-10-12-27(13-11-26)20-23-7-3-8-24-20/h1-9,14H,10-13H2,(H,22,25). The number of hydrogen-bond donors (Lipinski definition) is 1. The molecule has 0 atom stereocenters. The molecule has 1 amide bonds. The molecule has 1 aliphatic rings. The summed E-state index contributed by atoms with van der Waals surface area (Å²) in [7, 11) is 0. The Morgan fingerprint density at radius 1 is 0.929 bits per heavy atom. The Bertz CT molecular complexity index is 960. The highest BCUT2D eigenvalue weighted by atomic mass is 35.5. The van der Waals surface area contributed by atoms with Gasteiger partial charge in [0, 0.05) is 50.5 Å². The van der Waals surface area contributed by atoms with E-state index in [4.69, 9.17) is 11.6 Å². The molecule has 0 radical (unpaired) electrons. The monoisotopic (exact) mass is 394 g/mol. The molecule has 0 saturated carbocycles. The number of nitrogens with zero attached hydrogens (tertiary/aromatic N) is 5. The number of pyridine rings is 1. The summed E-state index contributed by atoms with van der Waals surface area (Å²) in [6, 6.07) is 12.8. The molecule has 1 fully saturated rings.